The number of halogens is 4. The molecule has 0 saturated heterocycles. The largest absolute Gasteiger partial charge is 0.871 e. The maximum Gasteiger partial charge on any atom is 0.360 e. The minimum absolute atomic E-state index is 0.0697. The van der Waals surface area contributed by atoms with E-state index in [-0.39, 0.29) is 34.3 Å². The maximum absolute atomic E-state index is 14.0. The molecule has 0 amide bonds. The summed E-state index contributed by atoms with van der Waals surface area (Å²) in [6.45, 7) is 27.0. The number of fused-ring (bicyclic) bond motifs is 2. The molecule has 10 nitrogen and oxygen atoms in total. The standard InChI is InChI=1S/C44H46Cl4O6.C34H34N2O2/c1-25(2)21-51-23-43(5,6)39-17-27(15-37(53-39)29-9-11-33(45)35(47)19-29)13-31-41(49)32(42(31)50)14-28-16-38(30-10-12-34(46)36(48)20-30)54-40(18-28)44(7,8)24-52-22-26(3)4;1-5-21-13-11-14-22(6-2)31(21)35-27-19-20-28(36-32-23(7-3)15-12-16-24(32)8-4)30-29(27)33(37)25-17-9-10-18-26(25)34(30)38/h9-20,25-26H,21-24H2,1-8H3;9-20,35-36H,5-8H2,1-4H3. The lowest BCUT2D eigenvalue weighted by atomic mass is 9.82. The number of ketones is 3. The van der Waals surface area contributed by atoms with Crippen molar-refractivity contribution in [2.24, 2.45) is 17.3 Å². The minimum Gasteiger partial charge on any atom is -0.871 e. The molecule has 0 spiro atoms. The monoisotopic (exact) mass is 1310 g/mol. The van der Waals surface area contributed by atoms with Gasteiger partial charge in [-0.3, -0.25) is 14.4 Å². The topological polar surface area (TPSA) is 137 Å². The van der Waals surface area contributed by atoms with Crippen LogP contribution in [-0.2, 0) is 50.1 Å². The van der Waals surface area contributed by atoms with E-state index in [4.69, 9.17) is 65.0 Å². The molecule has 14 heteroatoms. The Labute approximate surface area is 562 Å². The van der Waals surface area contributed by atoms with Gasteiger partial charge in [0.05, 0.1) is 67.4 Å². The lowest BCUT2D eigenvalue weighted by Gasteiger charge is -2.32. The number of hydrogen-bond donors (Lipinski definition) is 2. The number of carbonyl (C=O) groups excluding carboxylic acids is 3. The van der Waals surface area contributed by atoms with Crippen LogP contribution in [0.2, 0.25) is 20.1 Å². The first-order valence-corrected chi connectivity index (χ1v) is 33.0. The van der Waals surface area contributed by atoms with Crippen LogP contribution in [0.25, 0.3) is 23.2 Å². The highest BCUT2D eigenvalue weighted by molar-refractivity contribution is 6.42. The predicted octanol–water partition coefficient (Wildman–Crippen LogP) is 20.2. The second kappa shape index (κ2) is 29.6. The molecule has 2 N–H and O–H groups in total. The van der Waals surface area contributed by atoms with Gasteiger partial charge in [0.2, 0.25) is 0 Å². The smallest absolute Gasteiger partial charge is 0.360 e. The van der Waals surface area contributed by atoms with Crippen molar-refractivity contribution in [3.05, 3.63) is 249 Å². The molecule has 2 aliphatic carbocycles. The first-order valence-electron chi connectivity index (χ1n) is 31.5. The summed E-state index contributed by atoms with van der Waals surface area (Å²) in [5.41, 5.74) is 11.5. The van der Waals surface area contributed by atoms with Gasteiger partial charge >= 0.3 is 11.5 Å². The Morgan fingerprint density at radius 2 is 1.03 bits per heavy atom. The van der Waals surface area contributed by atoms with Gasteiger partial charge in [-0.2, -0.15) is 0 Å². The minimum atomic E-state index is -0.539. The molecule has 3 aliphatic rings. The fourth-order valence-corrected chi connectivity index (χ4v) is 11.8. The van der Waals surface area contributed by atoms with Gasteiger partial charge in [0, 0.05) is 63.9 Å². The molecule has 10 rings (SSSR count). The summed E-state index contributed by atoms with van der Waals surface area (Å²) < 4.78 is 24.8. The Balaban J connectivity index is 0.000000230. The fraction of sp³-hybridized carbons (Fsp3) is 0.308. The number of hydrogen-bond acceptors (Lipinski definition) is 9. The summed E-state index contributed by atoms with van der Waals surface area (Å²) in [5.74, 6) is 1.98. The Morgan fingerprint density at radius 3 is 1.50 bits per heavy atom. The number of allylic oxidation sites excluding steroid dienone is 6. The number of rotatable bonds is 22. The van der Waals surface area contributed by atoms with Gasteiger partial charge in [0.25, 0.3) is 0 Å². The van der Waals surface area contributed by atoms with E-state index in [0.29, 0.717) is 137 Å². The molecular weight excluding hydrogens is 1230 g/mol. The number of benzene rings is 6. The van der Waals surface area contributed by atoms with E-state index in [1.165, 1.54) is 22.3 Å². The van der Waals surface area contributed by atoms with Crippen LogP contribution in [0, 0.1) is 17.3 Å². The van der Waals surface area contributed by atoms with Crippen LogP contribution in [0.15, 0.2) is 172 Å². The van der Waals surface area contributed by atoms with Gasteiger partial charge in [-0.15, -0.1) is 0 Å². The molecule has 1 aromatic heterocycles. The van der Waals surface area contributed by atoms with Crippen LogP contribution >= 0.6 is 46.4 Å². The van der Waals surface area contributed by atoms with Crippen molar-refractivity contribution in [1.29, 1.82) is 0 Å². The van der Waals surface area contributed by atoms with E-state index < -0.39 is 10.8 Å². The highest BCUT2D eigenvalue weighted by Gasteiger charge is 2.38. The van der Waals surface area contributed by atoms with E-state index in [9.17, 15) is 19.5 Å². The van der Waals surface area contributed by atoms with Crippen LogP contribution in [0.5, 0.6) is 0 Å². The third kappa shape index (κ3) is 15.4. The summed E-state index contributed by atoms with van der Waals surface area (Å²) in [4.78, 5) is 41.7. The van der Waals surface area contributed by atoms with Crippen LogP contribution in [-0.4, -0.2) is 43.8 Å². The number of aryl methyl sites for hydroxylation is 4. The lowest BCUT2D eigenvalue weighted by Crippen LogP contribution is -2.29. The first kappa shape index (κ1) is 68.8. The molecule has 6 aromatic carbocycles. The average Bonchev–Trinajstić information content (AvgIpc) is 0.746. The van der Waals surface area contributed by atoms with E-state index in [0.717, 1.165) is 37.1 Å². The van der Waals surface area contributed by atoms with Crippen LogP contribution in [0.1, 0.15) is 154 Å². The molecule has 0 atom stereocenters. The quantitative estimate of drug-likeness (QED) is 0.0498. The Morgan fingerprint density at radius 1 is 0.554 bits per heavy atom. The first-order chi connectivity index (χ1) is 43.9. The zero-order valence-electron chi connectivity index (χ0n) is 54.4. The molecule has 0 bridgehead atoms. The SMILES string of the molecule is CC(C)COCC(C)(C)C1=C/C(=C/C2=C([O-])C(=C/c3cc(-c4ccc(Cl)c(Cl)c4)[o+]c(C(C)(C)COCC(C)C)c3)/C2=O)C=C(c2ccc(Cl)c(Cl)c2)O1.CCc1cccc(CC)c1Nc1ccc(Nc2c(CC)cccc2CC)c2c1C(=O)c1ccccc1C2=O. The van der Waals surface area contributed by atoms with E-state index in [1.54, 1.807) is 72.8 Å². The molecule has 0 unspecified atom stereocenters. The Kier molecular flexibility index (Phi) is 22.1. The van der Waals surface area contributed by atoms with Crippen LogP contribution < -0.4 is 15.7 Å². The van der Waals surface area contributed by atoms with Crippen molar-refractivity contribution in [3.8, 4) is 11.3 Å². The van der Waals surface area contributed by atoms with Gasteiger partial charge in [-0.1, -0.05) is 182 Å². The number of para-hydroxylation sites is 2. The normalized spacial score (nSPS) is 14.8. The van der Waals surface area contributed by atoms with Crippen molar-refractivity contribution in [1.82, 2.24) is 0 Å². The third-order valence-electron chi connectivity index (χ3n) is 16.4. The summed E-state index contributed by atoms with van der Waals surface area (Å²) in [6, 6.07) is 37.7. The molecular formula is C78H80Cl4N2O8. The van der Waals surface area contributed by atoms with Gasteiger partial charge in [-0.25, -0.2) is 4.42 Å². The summed E-state index contributed by atoms with van der Waals surface area (Å²) >= 11 is 25.2. The van der Waals surface area contributed by atoms with Gasteiger partial charge < -0.3 is 30.0 Å². The van der Waals surface area contributed by atoms with E-state index >= 15 is 0 Å². The van der Waals surface area contributed by atoms with Crippen molar-refractivity contribution in [2.75, 3.05) is 37.1 Å². The van der Waals surface area contributed by atoms with Crippen LogP contribution in [0.3, 0.4) is 0 Å². The Bertz CT molecular complexity index is 4010. The zero-order valence-corrected chi connectivity index (χ0v) is 57.5. The molecule has 0 radical (unpaired) electrons. The molecule has 478 valence electrons. The van der Waals surface area contributed by atoms with Crippen molar-refractivity contribution >= 4 is 98.3 Å². The summed E-state index contributed by atoms with van der Waals surface area (Å²) in [7, 11) is 0. The predicted molar refractivity (Wildman–Crippen MR) is 375 cm³/mol. The molecule has 1 aliphatic heterocycles. The zero-order chi connectivity index (χ0) is 66.3. The second-order valence-electron chi connectivity index (χ2n) is 25.5. The van der Waals surface area contributed by atoms with E-state index in [1.807, 2.05) is 64.1 Å². The lowest BCUT2D eigenvalue weighted by molar-refractivity contribution is -0.300. The number of anilines is 4. The summed E-state index contributed by atoms with van der Waals surface area (Å²) in [6.07, 6.45) is 10.3. The van der Waals surface area contributed by atoms with Crippen molar-refractivity contribution in [2.45, 2.75) is 114 Å². The van der Waals surface area contributed by atoms with Crippen LogP contribution in [0.4, 0.5) is 22.7 Å². The molecule has 0 saturated carbocycles. The molecule has 0 fully saturated rings. The van der Waals surface area contributed by atoms with E-state index in [2.05, 4.69) is 102 Å². The van der Waals surface area contributed by atoms with Gasteiger partial charge in [0.15, 0.2) is 17.3 Å². The third-order valence-corrected chi connectivity index (χ3v) is 17.9. The van der Waals surface area contributed by atoms with Gasteiger partial charge in [-0.05, 0) is 158 Å². The maximum atomic E-state index is 14.0. The highest BCUT2D eigenvalue weighted by Crippen LogP contribution is 2.44. The number of ether oxygens (including phenoxy) is 3. The number of Topliss-reactive ketones (excluding diaryl/α,β-unsaturated/α-hetero) is 1. The molecule has 92 heavy (non-hydrogen) atoms. The molecule has 2 heterocycles. The number of nitrogens with one attached hydrogen (secondary N) is 2. The molecule has 7 aromatic rings. The van der Waals surface area contributed by atoms with Gasteiger partial charge in [0.1, 0.15) is 16.9 Å². The van der Waals surface area contributed by atoms with Crippen molar-refractivity contribution in [3.63, 3.8) is 0 Å². The summed E-state index contributed by atoms with van der Waals surface area (Å²) in [5, 5.41) is 22.5. The Hall–Kier alpha value is -7.54. The van der Waals surface area contributed by atoms with Crippen molar-refractivity contribution < 1.29 is 38.1 Å². The second-order valence-corrected chi connectivity index (χ2v) is 27.2. The fourth-order valence-electron chi connectivity index (χ4n) is 11.2. The average molecular weight is 1320 g/mol. The number of carbonyl (C=O) groups is 3. The highest BCUT2D eigenvalue weighted by atomic mass is 35.5.